The first-order chi connectivity index (χ1) is 11.1. The van der Waals surface area contributed by atoms with Gasteiger partial charge in [-0.15, -0.1) is 3.96 Å². The molecule has 3 aromatic rings. The fourth-order valence-electron chi connectivity index (χ4n) is 2.07. The highest BCUT2D eigenvalue weighted by atomic mass is 35.5. The molecular formula is C17H14Cl2N3S+. The molecule has 3 rings (SSSR count). The van der Waals surface area contributed by atoms with Crippen molar-refractivity contribution in [3.8, 4) is 11.4 Å². The number of rotatable bonds is 4. The highest BCUT2D eigenvalue weighted by molar-refractivity contribution is 7.06. The van der Waals surface area contributed by atoms with Gasteiger partial charge in [-0.05, 0) is 36.2 Å². The number of aromatic nitrogens is 2. The normalized spacial score (nSPS) is 10.4. The van der Waals surface area contributed by atoms with Gasteiger partial charge in [-0.3, -0.25) is 0 Å². The minimum absolute atomic E-state index is 0.178. The van der Waals surface area contributed by atoms with E-state index < -0.39 is 0 Å². The maximum atomic E-state index is 5.82. The Kier molecular flexibility index (Phi) is 4.96. The van der Waals surface area contributed by atoms with Crippen LogP contribution in [0, 0.1) is 6.92 Å². The van der Waals surface area contributed by atoms with Gasteiger partial charge in [0.2, 0.25) is 0 Å². The quantitative estimate of drug-likeness (QED) is 0.630. The summed E-state index contributed by atoms with van der Waals surface area (Å²) in [5.74, 6) is 0.781. The first-order valence-corrected chi connectivity index (χ1v) is 8.49. The van der Waals surface area contributed by atoms with E-state index in [1.54, 1.807) is 6.20 Å². The van der Waals surface area contributed by atoms with E-state index in [1.807, 2.05) is 46.4 Å². The maximum absolute atomic E-state index is 5.82. The van der Waals surface area contributed by atoms with Crippen LogP contribution in [0.1, 0.15) is 5.56 Å². The molecule has 0 amide bonds. The van der Waals surface area contributed by atoms with Crippen molar-refractivity contribution in [1.82, 2.24) is 4.98 Å². The van der Waals surface area contributed by atoms with Crippen LogP contribution in [0.4, 0.5) is 10.8 Å². The largest absolute Gasteiger partial charge is 0.350 e. The molecule has 0 spiro atoms. The number of hydrogen-bond acceptors (Lipinski definition) is 3. The van der Waals surface area contributed by atoms with E-state index in [0.29, 0.717) is 0 Å². The lowest BCUT2D eigenvalue weighted by atomic mass is 10.2. The minimum Gasteiger partial charge on any atom is -0.308 e. The van der Waals surface area contributed by atoms with Crippen molar-refractivity contribution in [2.45, 2.75) is 6.92 Å². The average Bonchev–Trinajstić information content (AvgIpc) is 2.92. The number of benzene rings is 2. The predicted octanol–water partition coefficient (Wildman–Crippen LogP) is 5.38. The Morgan fingerprint density at radius 2 is 1.78 bits per heavy atom. The third kappa shape index (κ3) is 4.10. The SMILES string of the molecule is Cc1ccc(Nc2nc(-c3ccccc3)[n+](C=C(Cl)Cl)s2)cc1. The fraction of sp³-hybridized carbons (Fsp3) is 0.0588. The molecule has 6 heteroatoms. The van der Waals surface area contributed by atoms with Crippen molar-refractivity contribution in [3.05, 3.63) is 64.7 Å². The fourth-order valence-corrected chi connectivity index (χ4v) is 3.25. The van der Waals surface area contributed by atoms with Gasteiger partial charge < -0.3 is 5.32 Å². The van der Waals surface area contributed by atoms with Gasteiger partial charge in [0.15, 0.2) is 0 Å². The Morgan fingerprint density at radius 1 is 1.09 bits per heavy atom. The Labute approximate surface area is 149 Å². The summed E-state index contributed by atoms with van der Waals surface area (Å²) in [4.78, 5) is 4.66. The highest BCUT2D eigenvalue weighted by Crippen LogP contribution is 2.23. The molecule has 1 heterocycles. The topological polar surface area (TPSA) is 28.8 Å². The molecule has 0 aliphatic rings. The second-order valence-electron chi connectivity index (χ2n) is 4.93. The summed E-state index contributed by atoms with van der Waals surface area (Å²) in [6, 6.07) is 18.1. The van der Waals surface area contributed by atoms with Gasteiger partial charge in [0.05, 0.1) is 5.56 Å². The molecule has 0 aliphatic heterocycles. The number of halogens is 2. The van der Waals surface area contributed by atoms with Crippen LogP contribution in [0.2, 0.25) is 0 Å². The van der Waals surface area contributed by atoms with Crippen LogP contribution in [0.25, 0.3) is 17.6 Å². The lowest BCUT2D eigenvalue weighted by molar-refractivity contribution is -0.480. The van der Waals surface area contributed by atoms with Gasteiger partial charge in [0.25, 0.3) is 0 Å². The average molecular weight is 363 g/mol. The number of nitrogens with one attached hydrogen (secondary N) is 1. The van der Waals surface area contributed by atoms with Crippen LogP contribution in [0.15, 0.2) is 59.1 Å². The molecule has 0 saturated carbocycles. The van der Waals surface area contributed by atoms with Crippen LogP contribution in [-0.4, -0.2) is 4.98 Å². The van der Waals surface area contributed by atoms with E-state index in [1.165, 1.54) is 17.1 Å². The molecule has 1 aromatic heterocycles. The van der Waals surface area contributed by atoms with Crippen molar-refractivity contribution < 1.29 is 3.96 Å². The molecule has 0 atom stereocenters. The van der Waals surface area contributed by atoms with E-state index in [4.69, 9.17) is 23.2 Å². The van der Waals surface area contributed by atoms with E-state index in [2.05, 4.69) is 29.4 Å². The number of hydrogen-bond donors (Lipinski definition) is 1. The summed E-state index contributed by atoms with van der Waals surface area (Å²) >= 11 is 13.1. The van der Waals surface area contributed by atoms with Gasteiger partial charge in [-0.2, -0.15) is 0 Å². The second kappa shape index (κ2) is 7.13. The molecule has 1 N–H and O–H groups in total. The van der Waals surface area contributed by atoms with E-state index in [9.17, 15) is 0 Å². The molecule has 3 nitrogen and oxygen atoms in total. The first-order valence-electron chi connectivity index (χ1n) is 6.96. The lowest BCUT2D eigenvalue weighted by Crippen LogP contribution is -2.23. The van der Waals surface area contributed by atoms with E-state index >= 15 is 0 Å². The Balaban J connectivity index is 1.97. The number of nitrogens with zero attached hydrogens (tertiary/aromatic N) is 2. The molecule has 23 heavy (non-hydrogen) atoms. The van der Waals surface area contributed by atoms with E-state index in [-0.39, 0.29) is 4.49 Å². The van der Waals surface area contributed by atoms with Crippen LogP contribution >= 0.6 is 34.7 Å². The van der Waals surface area contributed by atoms with Crippen LogP contribution < -0.4 is 9.27 Å². The highest BCUT2D eigenvalue weighted by Gasteiger charge is 2.22. The molecule has 2 aromatic carbocycles. The number of aryl methyl sites for hydroxylation is 1. The van der Waals surface area contributed by atoms with Gasteiger partial charge in [0.1, 0.15) is 22.2 Å². The maximum Gasteiger partial charge on any atom is 0.350 e. The van der Waals surface area contributed by atoms with Crippen LogP contribution in [-0.2, 0) is 0 Å². The van der Waals surface area contributed by atoms with Gasteiger partial charge >= 0.3 is 11.0 Å². The Hall–Kier alpha value is -1.88. The summed E-state index contributed by atoms with van der Waals surface area (Å²) < 4.78 is 2.03. The zero-order valence-corrected chi connectivity index (χ0v) is 14.7. The molecule has 0 saturated heterocycles. The molecule has 0 aliphatic carbocycles. The summed E-state index contributed by atoms with van der Waals surface area (Å²) in [5.41, 5.74) is 3.19. The zero-order chi connectivity index (χ0) is 16.2. The third-order valence-electron chi connectivity index (χ3n) is 3.15. The third-order valence-corrected chi connectivity index (χ3v) is 4.19. The molecule has 0 radical (unpaired) electrons. The molecular weight excluding hydrogens is 349 g/mol. The molecule has 0 fully saturated rings. The summed E-state index contributed by atoms with van der Waals surface area (Å²) in [6.45, 7) is 2.06. The lowest BCUT2D eigenvalue weighted by Gasteiger charge is -1.98. The van der Waals surface area contributed by atoms with Crippen molar-refractivity contribution in [2.75, 3.05) is 5.32 Å². The van der Waals surface area contributed by atoms with Crippen LogP contribution in [0.3, 0.4) is 0 Å². The standard InChI is InChI=1S/C17H13Cl2N3S/c1-12-7-9-14(10-8-12)20-17-21-16(13-5-3-2-4-6-13)22(23-17)11-15(18)19/h2-11H,1H3/p+1. The monoisotopic (exact) mass is 362 g/mol. The molecule has 116 valence electrons. The predicted molar refractivity (Wildman–Crippen MR) is 98.2 cm³/mol. The summed E-state index contributed by atoms with van der Waals surface area (Å²) in [6.07, 6.45) is 1.64. The van der Waals surface area contributed by atoms with Crippen molar-refractivity contribution >= 4 is 51.8 Å². The molecule has 0 bridgehead atoms. The van der Waals surface area contributed by atoms with Crippen LogP contribution in [0.5, 0.6) is 0 Å². The summed E-state index contributed by atoms with van der Waals surface area (Å²) in [7, 11) is 0. The van der Waals surface area contributed by atoms with Gasteiger partial charge in [-0.25, -0.2) is 0 Å². The Bertz CT molecular complexity index is 823. The smallest absolute Gasteiger partial charge is 0.308 e. The zero-order valence-electron chi connectivity index (χ0n) is 12.3. The molecule has 0 unspecified atom stereocenters. The minimum atomic E-state index is 0.178. The van der Waals surface area contributed by atoms with Gasteiger partial charge in [-0.1, -0.05) is 59.1 Å². The number of anilines is 2. The van der Waals surface area contributed by atoms with Gasteiger partial charge in [0, 0.05) is 5.69 Å². The summed E-state index contributed by atoms with van der Waals surface area (Å²) in [5, 5.41) is 4.07. The second-order valence-corrected chi connectivity index (χ2v) is 6.90. The first kappa shape index (κ1) is 16.0. The van der Waals surface area contributed by atoms with Crippen molar-refractivity contribution in [2.24, 2.45) is 0 Å². The van der Waals surface area contributed by atoms with Crippen molar-refractivity contribution in [3.63, 3.8) is 0 Å². The van der Waals surface area contributed by atoms with E-state index in [0.717, 1.165) is 22.2 Å². The Morgan fingerprint density at radius 3 is 2.43 bits per heavy atom. The van der Waals surface area contributed by atoms with Crippen molar-refractivity contribution in [1.29, 1.82) is 0 Å².